The number of fused-ring (bicyclic) bond motifs is 2. The number of hydrogen-bond donors (Lipinski definition) is 2. The Kier molecular flexibility index (Phi) is 4.46. The number of aromatic nitrogens is 3. The molecule has 0 saturated heterocycles. The minimum absolute atomic E-state index is 0.0278. The van der Waals surface area contributed by atoms with Crippen LogP contribution < -0.4 is 10.9 Å². The summed E-state index contributed by atoms with van der Waals surface area (Å²) >= 11 is 0. The average molecular weight is 360 g/mol. The fourth-order valence-electron chi connectivity index (χ4n) is 3.35. The zero-order valence-corrected chi connectivity index (χ0v) is 15.0. The normalized spacial score (nSPS) is 11.1. The van der Waals surface area contributed by atoms with Crippen molar-refractivity contribution in [2.45, 2.75) is 19.9 Å². The first-order valence-electron chi connectivity index (χ1n) is 8.95. The van der Waals surface area contributed by atoms with Gasteiger partial charge >= 0.3 is 0 Å². The first-order chi connectivity index (χ1) is 13.1. The number of aromatic amines is 1. The average Bonchev–Trinajstić information content (AvgIpc) is 3.03. The summed E-state index contributed by atoms with van der Waals surface area (Å²) in [5.74, 6) is -0.0278. The van der Waals surface area contributed by atoms with E-state index in [2.05, 4.69) is 19.9 Å². The van der Waals surface area contributed by atoms with Gasteiger partial charge in [-0.05, 0) is 24.6 Å². The quantitative estimate of drug-likeness (QED) is 0.537. The van der Waals surface area contributed by atoms with Gasteiger partial charge in [0, 0.05) is 42.7 Å². The summed E-state index contributed by atoms with van der Waals surface area (Å²) < 4.78 is 2.11. The molecule has 0 fully saturated rings. The molecule has 6 nitrogen and oxygen atoms in total. The van der Waals surface area contributed by atoms with Gasteiger partial charge in [0.15, 0.2) is 0 Å². The molecule has 27 heavy (non-hydrogen) atoms. The highest BCUT2D eigenvalue weighted by atomic mass is 16.1. The topological polar surface area (TPSA) is 79.8 Å². The Morgan fingerprint density at radius 2 is 1.93 bits per heavy atom. The van der Waals surface area contributed by atoms with Crippen molar-refractivity contribution >= 4 is 27.8 Å². The first-order valence-corrected chi connectivity index (χ1v) is 8.95. The van der Waals surface area contributed by atoms with Crippen molar-refractivity contribution in [3.8, 4) is 11.3 Å². The number of nitrogens with one attached hydrogen (secondary N) is 2. The van der Waals surface area contributed by atoms with E-state index in [1.807, 2.05) is 54.7 Å². The molecule has 0 spiro atoms. The molecule has 0 unspecified atom stereocenters. The number of para-hydroxylation sites is 3. The molecule has 2 N–H and O–H groups in total. The van der Waals surface area contributed by atoms with Crippen LogP contribution >= 0.6 is 0 Å². The van der Waals surface area contributed by atoms with E-state index in [0.717, 1.165) is 40.5 Å². The Hall–Kier alpha value is -3.41. The minimum Gasteiger partial charge on any atom is -0.356 e. The maximum Gasteiger partial charge on any atom is 0.275 e. The van der Waals surface area contributed by atoms with Crippen molar-refractivity contribution in [1.82, 2.24) is 19.9 Å². The van der Waals surface area contributed by atoms with Crippen LogP contribution in [0.5, 0.6) is 0 Å². The summed E-state index contributed by atoms with van der Waals surface area (Å²) in [6.45, 7) is 2.87. The predicted octanol–water partition coefficient (Wildman–Crippen LogP) is 3.07. The summed E-state index contributed by atoms with van der Waals surface area (Å²) in [5.41, 5.74) is 3.57. The maximum atomic E-state index is 12.6. The highest BCUT2D eigenvalue weighted by Crippen LogP contribution is 2.28. The lowest BCUT2D eigenvalue weighted by molar-refractivity contribution is -0.118. The Morgan fingerprint density at radius 3 is 2.78 bits per heavy atom. The third-order valence-electron chi connectivity index (χ3n) is 4.59. The lowest BCUT2D eigenvalue weighted by atomic mass is 10.1. The molecule has 2 aromatic carbocycles. The van der Waals surface area contributed by atoms with E-state index in [-0.39, 0.29) is 11.5 Å². The molecule has 2 aromatic heterocycles. The molecule has 0 aliphatic carbocycles. The SMILES string of the molecule is CC(=O)NCCCn1cc(-c2nc3ccccc3[nH]c2=O)c2ccccc21. The number of carbonyl (C=O) groups excluding carboxylic acids is 1. The van der Waals surface area contributed by atoms with Crippen LogP contribution in [0.4, 0.5) is 0 Å². The third-order valence-corrected chi connectivity index (χ3v) is 4.59. The highest BCUT2D eigenvalue weighted by molar-refractivity contribution is 5.95. The van der Waals surface area contributed by atoms with Gasteiger partial charge in [-0.1, -0.05) is 30.3 Å². The molecule has 4 aromatic rings. The van der Waals surface area contributed by atoms with Crippen LogP contribution in [0.15, 0.2) is 59.5 Å². The lowest BCUT2D eigenvalue weighted by Gasteiger charge is -2.05. The van der Waals surface area contributed by atoms with Gasteiger partial charge in [-0.2, -0.15) is 0 Å². The number of benzene rings is 2. The number of H-pyrrole nitrogens is 1. The van der Waals surface area contributed by atoms with Gasteiger partial charge in [0.25, 0.3) is 5.56 Å². The van der Waals surface area contributed by atoms with Crippen LogP contribution in [0.25, 0.3) is 33.2 Å². The van der Waals surface area contributed by atoms with Crippen molar-refractivity contribution in [3.05, 3.63) is 65.1 Å². The van der Waals surface area contributed by atoms with Crippen molar-refractivity contribution in [2.24, 2.45) is 0 Å². The summed E-state index contributed by atoms with van der Waals surface area (Å²) in [6.07, 6.45) is 2.78. The molecular weight excluding hydrogens is 340 g/mol. The maximum absolute atomic E-state index is 12.6. The molecule has 0 saturated carbocycles. The summed E-state index contributed by atoms with van der Waals surface area (Å²) in [6, 6.07) is 15.5. The monoisotopic (exact) mass is 360 g/mol. The summed E-state index contributed by atoms with van der Waals surface area (Å²) in [5, 5.41) is 3.80. The van der Waals surface area contributed by atoms with Crippen LogP contribution in [0, 0.1) is 0 Å². The molecule has 0 aliphatic heterocycles. The molecule has 6 heteroatoms. The molecule has 2 heterocycles. The number of amides is 1. The van der Waals surface area contributed by atoms with Crippen LogP contribution in [-0.2, 0) is 11.3 Å². The van der Waals surface area contributed by atoms with E-state index in [0.29, 0.717) is 12.2 Å². The second kappa shape index (κ2) is 7.07. The van der Waals surface area contributed by atoms with Crippen molar-refractivity contribution < 1.29 is 4.79 Å². The summed E-state index contributed by atoms with van der Waals surface area (Å²) in [7, 11) is 0. The fraction of sp³-hybridized carbons (Fsp3) is 0.190. The van der Waals surface area contributed by atoms with Crippen LogP contribution in [0.3, 0.4) is 0 Å². The predicted molar refractivity (Wildman–Crippen MR) is 107 cm³/mol. The standard InChI is InChI=1S/C21H20N4O2/c1-14(26)22-11-6-12-25-13-16(15-7-2-5-10-19(15)25)20-21(27)24-18-9-4-3-8-17(18)23-20/h2-5,7-10,13H,6,11-12H2,1H3,(H,22,26)(H,24,27). The molecule has 0 atom stereocenters. The van der Waals surface area contributed by atoms with Gasteiger partial charge in [0.05, 0.1) is 11.0 Å². The van der Waals surface area contributed by atoms with E-state index in [1.165, 1.54) is 6.92 Å². The molecule has 0 radical (unpaired) electrons. The Morgan fingerprint density at radius 1 is 1.15 bits per heavy atom. The van der Waals surface area contributed by atoms with Crippen molar-refractivity contribution in [2.75, 3.05) is 6.54 Å². The van der Waals surface area contributed by atoms with Gasteiger partial charge in [0.2, 0.25) is 5.91 Å². The van der Waals surface area contributed by atoms with E-state index in [9.17, 15) is 9.59 Å². The third kappa shape index (κ3) is 3.33. The molecule has 1 amide bonds. The molecule has 0 aliphatic rings. The van der Waals surface area contributed by atoms with Gasteiger partial charge in [-0.15, -0.1) is 0 Å². The minimum atomic E-state index is -0.199. The Bertz CT molecular complexity index is 1190. The molecule has 0 bridgehead atoms. The van der Waals surface area contributed by atoms with Crippen LogP contribution in [0.1, 0.15) is 13.3 Å². The largest absolute Gasteiger partial charge is 0.356 e. The van der Waals surface area contributed by atoms with Crippen molar-refractivity contribution in [3.63, 3.8) is 0 Å². The zero-order valence-electron chi connectivity index (χ0n) is 15.0. The van der Waals surface area contributed by atoms with Crippen molar-refractivity contribution in [1.29, 1.82) is 0 Å². The fourth-order valence-corrected chi connectivity index (χ4v) is 3.35. The zero-order chi connectivity index (χ0) is 18.8. The summed E-state index contributed by atoms with van der Waals surface area (Å²) in [4.78, 5) is 31.2. The van der Waals surface area contributed by atoms with Gasteiger partial charge in [-0.25, -0.2) is 4.98 Å². The molecular formula is C21H20N4O2. The van der Waals surface area contributed by atoms with Crippen LogP contribution in [0.2, 0.25) is 0 Å². The second-order valence-corrected chi connectivity index (χ2v) is 6.52. The Labute approximate surface area is 155 Å². The van der Waals surface area contributed by atoms with E-state index < -0.39 is 0 Å². The van der Waals surface area contributed by atoms with E-state index >= 15 is 0 Å². The number of hydrogen-bond acceptors (Lipinski definition) is 3. The lowest BCUT2D eigenvalue weighted by Crippen LogP contribution is -2.21. The first kappa shape index (κ1) is 17.0. The van der Waals surface area contributed by atoms with Crippen LogP contribution in [-0.4, -0.2) is 27.0 Å². The number of aryl methyl sites for hydroxylation is 1. The molecule has 4 rings (SSSR count). The van der Waals surface area contributed by atoms with E-state index in [1.54, 1.807) is 0 Å². The number of carbonyl (C=O) groups is 1. The van der Waals surface area contributed by atoms with Gasteiger partial charge in [-0.3, -0.25) is 9.59 Å². The van der Waals surface area contributed by atoms with Gasteiger partial charge in [0.1, 0.15) is 5.69 Å². The number of nitrogens with zero attached hydrogens (tertiary/aromatic N) is 2. The highest BCUT2D eigenvalue weighted by Gasteiger charge is 2.15. The molecule has 136 valence electrons. The smallest absolute Gasteiger partial charge is 0.275 e. The van der Waals surface area contributed by atoms with Gasteiger partial charge < -0.3 is 14.9 Å². The number of rotatable bonds is 5. The second-order valence-electron chi connectivity index (χ2n) is 6.52. The van der Waals surface area contributed by atoms with E-state index in [4.69, 9.17) is 0 Å². The Balaban J connectivity index is 1.77.